The number of amides is 1. The first kappa shape index (κ1) is 19.4. The van der Waals surface area contributed by atoms with E-state index in [4.69, 9.17) is 32.7 Å². The summed E-state index contributed by atoms with van der Waals surface area (Å²) in [5, 5.41) is 3.59. The molecule has 0 spiro atoms. The van der Waals surface area contributed by atoms with E-state index >= 15 is 0 Å². The molecule has 0 saturated heterocycles. The Hall–Kier alpha value is -1.91. The fourth-order valence-electron chi connectivity index (χ4n) is 2.23. The quantitative estimate of drug-likeness (QED) is 0.621. The van der Waals surface area contributed by atoms with Gasteiger partial charge in [0.1, 0.15) is 0 Å². The predicted molar refractivity (Wildman–Crippen MR) is 103 cm³/mol. The Kier molecular flexibility index (Phi) is 6.97. The van der Waals surface area contributed by atoms with Gasteiger partial charge >= 0.3 is 0 Å². The van der Waals surface area contributed by atoms with Gasteiger partial charge in [-0.25, -0.2) is 0 Å². The molecule has 0 aliphatic rings. The molecule has 0 heterocycles. The van der Waals surface area contributed by atoms with Crippen molar-refractivity contribution in [2.24, 2.45) is 0 Å². The average Bonchev–Trinajstić information content (AvgIpc) is 2.58. The van der Waals surface area contributed by atoms with Gasteiger partial charge in [0.15, 0.2) is 11.5 Å². The highest BCUT2D eigenvalue weighted by molar-refractivity contribution is 6.34. The number of nitrogens with one attached hydrogen (secondary N) is 1. The minimum atomic E-state index is -0.328. The van der Waals surface area contributed by atoms with Crippen molar-refractivity contribution in [3.8, 4) is 11.5 Å². The second-order valence-electron chi connectivity index (χ2n) is 5.63. The topological polar surface area (TPSA) is 47.6 Å². The molecular formula is C19H21Cl2NO3. The molecule has 6 heteroatoms. The number of anilines is 1. The molecule has 2 aromatic carbocycles. The molecule has 0 aliphatic heterocycles. The summed E-state index contributed by atoms with van der Waals surface area (Å²) < 4.78 is 11.0. The smallest absolute Gasteiger partial charge is 0.255 e. The van der Waals surface area contributed by atoms with E-state index in [1.807, 2.05) is 13.0 Å². The second kappa shape index (κ2) is 8.97. The van der Waals surface area contributed by atoms with Gasteiger partial charge in [0.25, 0.3) is 5.91 Å². The van der Waals surface area contributed by atoms with Crippen LogP contribution in [0.25, 0.3) is 0 Å². The fourth-order valence-corrected chi connectivity index (χ4v) is 2.77. The summed E-state index contributed by atoms with van der Waals surface area (Å²) in [7, 11) is 1.51. The number of carbonyl (C=O) groups is 1. The van der Waals surface area contributed by atoms with Gasteiger partial charge in [0, 0.05) is 5.56 Å². The second-order valence-corrected chi connectivity index (χ2v) is 6.44. The van der Waals surface area contributed by atoms with Crippen molar-refractivity contribution in [3.63, 3.8) is 0 Å². The van der Waals surface area contributed by atoms with Crippen molar-refractivity contribution in [2.75, 3.05) is 19.0 Å². The normalized spacial score (nSPS) is 10.4. The molecule has 0 aliphatic carbocycles. The number of halogens is 2. The van der Waals surface area contributed by atoms with Crippen molar-refractivity contribution < 1.29 is 14.3 Å². The van der Waals surface area contributed by atoms with Gasteiger partial charge in [-0.1, -0.05) is 42.6 Å². The Bertz CT molecular complexity index is 763. The minimum Gasteiger partial charge on any atom is -0.493 e. The van der Waals surface area contributed by atoms with Crippen molar-refractivity contribution >= 4 is 34.8 Å². The van der Waals surface area contributed by atoms with E-state index in [0.29, 0.717) is 39.4 Å². The van der Waals surface area contributed by atoms with Crippen molar-refractivity contribution in [3.05, 3.63) is 51.5 Å². The summed E-state index contributed by atoms with van der Waals surface area (Å²) in [6, 6.07) is 8.58. The standard InChI is InChI=1S/C19H21Cl2NO3/c1-4-5-8-25-18-15(21)10-13(11-17(18)24-3)19(23)22-16-7-6-12(2)9-14(16)20/h6-7,9-11H,4-5,8H2,1-3H3,(H,22,23). The Morgan fingerprint density at radius 3 is 2.56 bits per heavy atom. The van der Waals surface area contributed by atoms with Gasteiger partial charge in [-0.05, 0) is 43.2 Å². The third-order valence-corrected chi connectivity index (χ3v) is 4.20. The van der Waals surface area contributed by atoms with E-state index in [1.165, 1.54) is 7.11 Å². The highest BCUT2D eigenvalue weighted by Gasteiger charge is 2.16. The molecule has 0 saturated carbocycles. The lowest BCUT2D eigenvalue weighted by Gasteiger charge is -2.14. The summed E-state index contributed by atoms with van der Waals surface area (Å²) in [5.41, 5.74) is 1.92. The zero-order chi connectivity index (χ0) is 18.4. The molecule has 0 aromatic heterocycles. The lowest BCUT2D eigenvalue weighted by Crippen LogP contribution is -2.13. The molecule has 0 fully saturated rings. The van der Waals surface area contributed by atoms with E-state index in [9.17, 15) is 4.79 Å². The number of rotatable bonds is 7. The van der Waals surface area contributed by atoms with Crippen LogP contribution in [0.3, 0.4) is 0 Å². The number of ether oxygens (including phenoxy) is 2. The largest absolute Gasteiger partial charge is 0.493 e. The van der Waals surface area contributed by atoms with Crippen LogP contribution in [0.5, 0.6) is 11.5 Å². The maximum Gasteiger partial charge on any atom is 0.255 e. The van der Waals surface area contributed by atoms with Crippen LogP contribution in [-0.4, -0.2) is 19.6 Å². The third-order valence-electron chi connectivity index (χ3n) is 3.61. The van der Waals surface area contributed by atoms with Gasteiger partial charge in [-0.15, -0.1) is 0 Å². The summed E-state index contributed by atoms with van der Waals surface area (Å²) >= 11 is 12.4. The highest BCUT2D eigenvalue weighted by Crippen LogP contribution is 2.37. The number of benzene rings is 2. The summed E-state index contributed by atoms with van der Waals surface area (Å²) in [6.07, 6.45) is 1.92. The molecule has 25 heavy (non-hydrogen) atoms. The first-order valence-electron chi connectivity index (χ1n) is 8.04. The van der Waals surface area contributed by atoms with Crippen LogP contribution in [0, 0.1) is 6.92 Å². The van der Waals surface area contributed by atoms with Gasteiger partial charge in [-0.3, -0.25) is 4.79 Å². The fraction of sp³-hybridized carbons (Fsp3) is 0.316. The molecule has 4 nitrogen and oxygen atoms in total. The summed E-state index contributed by atoms with van der Waals surface area (Å²) in [6.45, 7) is 4.54. The molecule has 0 bridgehead atoms. The van der Waals surface area contributed by atoms with Crippen LogP contribution in [0.2, 0.25) is 10.0 Å². The van der Waals surface area contributed by atoms with E-state index in [1.54, 1.807) is 24.3 Å². The number of unbranched alkanes of at least 4 members (excludes halogenated alkanes) is 1. The molecule has 1 amide bonds. The van der Waals surface area contributed by atoms with Gasteiger partial charge in [0.05, 0.1) is 29.4 Å². The number of aryl methyl sites for hydroxylation is 1. The van der Waals surface area contributed by atoms with E-state index in [2.05, 4.69) is 12.2 Å². The Morgan fingerprint density at radius 1 is 1.16 bits per heavy atom. The molecule has 0 atom stereocenters. The minimum absolute atomic E-state index is 0.328. The zero-order valence-corrected chi connectivity index (χ0v) is 16.0. The molecule has 1 N–H and O–H groups in total. The number of hydrogen-bond donors (Lipinski definition) is 1. The SMILES string of the molecule is CCCCOc1c(Cl)cc(C(=O)Nc2ccc(C)cc2Cl)cc1OC. The first-order valence-corrected chi connectivity index (χ1v) is 8.79. The van der Waals surface area contributed by atoms with Crippen molar-refractivity contribution in [2.45, 2.75) is 26.7 Å². The van der Waals surface area contributed by atoms with Crippen LogP contribution in [-0.2, 0) is 0 Å². The summed E-state index contributed by atoms with van der Waals surface area (Å²) in [5.74, 6) is 0.539. The summed E-state index contributed by atoms with van der Waals surface area (Å²) in [4.78, 5) is 12.5. The number of carbonyl (C=O) groups excluding carboxylic acids is 1. The number of hydrogen-bond acceptors (Lipinski definition) is 3. The number of methoxy groups -OCH3 is 1. The zero-order valence-electron chi connectivity index (χ0n) is 14.5. The molecule has 0 unspecified atom stereocenters. The van der Waals surface area contributed by atoms with Crippen LogP contribution in [0.15, 0.2) is 30.3 Å². The van der Waals surface area contributed by atoms with Gasteiger partial charge < -0.3 is 14.8 Å². The lowest BCUT2D eigenvalue weighted by atomic mass is 10.1. The van der Waals surface area contributed by atoms with Crippen LogP contribution in [0.4, 0.5) is 5.69 Å². The van der Waals surface area contributed by atoms with E-state index < -0.39 is 0 Å². The molecular weight excluding hydrogens is 361 g/mol. The van der Waals surface area contributed by atoms with Crippen LogP contribution < -0.4 is 14.8 Å². The molecule has 2 rings (SSSR count). The molecule has 2 aromatic rings. The van der Waals surface area contributed by atoms with Crippen molar-refractivity contribution in [1.29, 1.82) is 0 Å². The Balaban J connectivity index is 2.23. The maximum absolute atomic E-state index is 12.5. The Morgan fingerprint density at radius 2 is 1.92 bits per heavy atom. The first-order chi connectivity index (χ1) is 12.0. The van der Waals surface area contributed by atoms with Gasteiger partial charge in [0.2, 0.25) is 0 Å². The maximum atomic E-state index is 12.5. The average molecular weight is 382 g/mol. The lowest BCUT2D eigenvalue weighted by molar-refractivity contribution is 0.102. The van der Waals surface area contributed by atoms with E-state index in [0.717, 1.165) is 18.4 Å². The van der Waals surface area contributed by atoms with E-state index in [-0.39, 0.29) is 5.91 Å². The molecule has 0 radical (unpaired) electrons. The van der Waals surface area contributed by atoms with Crippen LogP contribution >= 0.6 is 23.2 Å². The van der Waals surface area contributed by atoms with Crippen molar-refractivity contribution in [1.82, 2.24) is 0 Å². The molecule has 134 valence electrons. The highest BCUT2D eigenvalue weighted by atomic mass is 35.5. The predicted octanol–water partition coefficient (Wildman–Crippen LogP) is 5.74. The Labute approximate surface area is 158 Å². The van der Waals surface area contributed by atoms with Crippen LogP contribution in [0.1, 0.15) is 35.7 Å². The monoisotopic (exact) mass is 381 g/mol. The third kappa shape index (κ3) is 5.03. The van der Waals surface area contributed by atoms with Gasteiger partial charge in [-0.2, -0.15) is 0 Å².